The van der Waals surface area contributed by atoms with E-state index < -0.39 is 5.54 Å². The van der Waals surface area contributed by atoms with Gasteiger partial charge < -0.3 is 14.8 Å². The fourth-order valence-electron chi connectivity index (χ4n) is 2.07. The van der Waals surface area contributed by atoms with Gasteiger partial charge in [0, 0.05) is 0 Å². The SMILES string of the molecule is CCOc1ccccc1OCCCC(C#N)(CC)NC. The lowest BCUT2D eigenvalue weighted by Crippen LogP contribution is -2.41. The van der Waals surface area contributed by atoms with Crippen LogP contribution in [0.4, 0.5) is 0 Å². The molecule has 0 aromatic heterocycles. The number of para-hydroxylation sites is 2. The van der Waals surface area contributed by atoms with Crippen molar-refractivity contribution in [1.29, 1.82) is 5.26 Å². The van der Waals surface area contributed by atoms with Crippen LogP contribution in [0.25, 0.3) is 0 Å². The van der Waals surface area contributed by atoms with Crippen molar-refractivity contribution in [3.05, 3.63) is 24.3 Å². The van der Waals surface area contributed by atoms with Gasteiger partial charge in [-0.2, -0.15) is 5.26 Å². The summed E-state index contributed by atoms with van der Waals surface area (Å²) in [6, 6.07) is 10.0. The van der Waals surface area contributed by atoms with E-state index >= 15 is 0 Å². The summed E-state index contributed by atoms with van der Waals surface area (Å²) >= 11 is 0. The molecule has 4 heteroatoms. The van der Waals surface area contributed by atoms with E-state index in [0.29, 0.717) is 13.2 Å². The first-order valence-corrected chi connectivity index (χ1v) is 7.16. The Labute approximate surface area is 121 Å². The summed E-state index contributed by atoms with van der Waals surface area (Å²) < 4.78 is 11.3. The summed E-state index contributed by atoms with van der Waals surface area (Å²) in [6.07, 6.45) is 2.38. The molecule has 1 aromatic rings. The minimum atomic E-state index is -0.442. The van der Waals surface area contributed by atoms with Crippen LogP contribution in [0.1, 0.15) is 33.1 Å². The smallest absolute Gasteiger partial charge is 0.161 e. The monoisotopic (exact) mass is 276 g/mol. The summed E-state index contributed by atoms with van der Waals surface area (Å²) in [5, 5.41) is 12.3. The minimum Gasteiger partial charge on any atom is -0.490 e. The lowest BCUT2D eigenvalue weighted by molar-refractivity contribution is 0.258. The number of nitrogens with zero attached hydrogens (tertiary/aromatic N) is 1. The quantitative estimate of drug-likeness (QED) is 0.704. The molecule has 0 saturated carbocycles. The highest BCUT2D eigenvalue weighted by Gasteiger charge is 2.24. The highest BCUT2D eigenvalue weighted by atomic mass is 16.5. The second-order valence-corrected chi connectivity index (χ2v) is 4.63. The van der Waals surface area contributed by atoms with Crippen molar-refractivity contribution in [3.63, 3.8) is 0 Å². The molecule has 0 spiro atoms. The van der Waals surface area contributed by atoms with Gasteiger partial charge in [-0.3, -0.25) is 0 Å². The zero-order valence-electron chi connectivity index (χ0n) is 12.6. The van der Waals surface area contributed by atoms with E-state index in [4.69, 9.17) is 9.47 Å². The Balaban J connectivity index is 2.47. The number of hydrogen-bond donors (Lipinski definition) is 1. The first-order valence-electron chi connectivity index (χ1n) is 7.16. The number of rotatable bonds is 9. The van der Waals surface area contributed by atoms with Crippen molar-refractivity contribution in [3.8, 4) is 17.6 Å². The van der Waals surface area contributed by atoms with Crippen LogP contribution in [0.2, 0.25) is 0 Å². The maximum absolute atomic E-state index is 9.23. The molecule has 1 atom stereocenters. The van der Waals surface area contributed by atoms with Gasteiger partial charge in [0.2, 0.25) is 0 Å². The van der Waals surface area contributed by atoms with Gasteiger partial charge in [-0.1, -0.05) is 19.1 Å². The van der Waals surface area contributed by atoms with E-state index in [1.54, 1.807) is 0 Å². The highest BCUT2D eigenvalue weighted by Crippen LogP contribution is 2.26. The van der Waals surface area contributed by atoms with Crippen molar-refractivity contribution in [1.82, 2.24) is 5.32 Å². The molecule has 0 fully saturated rings. The third-order valence-electron chi connectivity index (χ3n) is 3.45. The summed E-state index contributed by atoms with van der Waals surface area (Å²) in [5.41, 5.74) is -0.442. The number of ether oxygens (including phenoxy) is 2. The summed E-state index contributed by atoms with van der Waals surface area (Å²) in [6.45, 7) is 5.17. The molecule has 0 amide bonds. The fraction of sp³-hybridized carbons (Fsp3) is 0.562. The van der Waals surface area contributed by atoms with Gasteiger partial charge in [-0.15, -0.1) is 0 Å². The third kappa shape index (κ3) is 4.43. The van der Waals surface area contributed by atoms with Crippen LogP contribution in [0, 0.1) is 11.3 Å². The lowest BCUT2D eigenvalue weighted by Gasteiger charge is -2.24. The zero-order valence-corrected chi connectivity index (χ0v) is 12.6. The molecule has 1 unspecified atom stereocenters. The number of nitriles is 1. The van der Waals surface area contributed by atoms with Gasteiger partial charge in [-0.05, 0) is 45.4 Å². The summed E-state index contributed by atoms with van der Waals surface area (Å²) in [5.74, 6) is 1.53. The molecule has 0 radical (unpaired) electrons. The van der Waals surface area contributed by atoms with Crippen molar-refractivity contribution in [2.75, 3.05) is 20.3 Å². The fourth-order valence-corrected chi connectivity index (χ4v) is 2.07. The van der Waals surface area contributed by atoms with Gasteiger partial charge in [0.15, 0.2) is 11.5 Å². The maximum Gasteiger partial charge on any atom is 0.161 e. The number of hydrogen-bond acceptors (Lipinski definition) is 4. The van der Waals surface area contributed by atoms with E-state index in [0.717, 1.165) is 30.8 Å². The molecule has 4 nitrogen and oxygen atoms in total. The van der Waals surface area contributed by atoms with Gasteiger partial charge in [-0.25, -0.2) is 0 Å². The minimum absolute atomic E-state index is 0.442. The van der Waals surface area contributed by atoms with Crippen molar-refractivity contribution in [2.45, 2.75) is 38.6 Å². The van der Waals surface area contributed by atoms with E-state index in [9.17, 15) is 5.26 Å². The molecule has 20 heavy (non-hydrogen) atoms. The molecular weight excluding hydrogens is 252 g/mol. The molecule has 0 saturated heterocycles. The Morgan fingerprint density at radius 1 is 1.20 bits per heavy atom. The highest BCUT2D eigenvalue weighted by molar-refractivity contribution is 5.39. The average molecular weight is 276 g/mol. The number of benzene rings is 1. The Kier molecular flexibility index (Phi) is 6.89. The van der Waals surface area contributed by atoms with Gasteiger partial charge in [0.25, 0.3) is 0 Å². The Hall–Kier alpha value is -1.73. The zero-order chi connectivity index (χ0) is 14.8. The van der Waals surface area contributed by atoms with Crippen LogP contribution in [-0.2, 0) is 0 Å². The van der Waals surface area contributed by atoms with Gasteiger partial charge >= 0.3 is 0 Å². The van der Waals surface area contributed by atoms with Crippen LogP contribution in [0.5, 0.6) is 11.5 Å². The molecule has 0 bridgehead atoms. The summed E-state index contributed by atoms with van der Waals surface area (Å²) in [7, 11) is 1.83. The topological polar surface area (TPSA) is 54.3 Å². The van der Waals surface area contributed by atoms with Crippen LogP contribution >= 0.6 is 0 Å². The van der Waals surface area contributed by atoms with Crippen LogP contribution in [0.15, 0.2) is 24.3 Å². The first-order chi connectivity index (χ1) is 9.71. The molecule has 0 aliphatic heterocycles. The standard InChI is InChI=1S/C16H24N2O2/c1-4-16(13-17,18-3)11-8-12-20-15-10-7-6-9-14(15)19-5-2/h6-7,9-10,18H,4-5,8,11-12H2,1-3H3. The predicted molar refractivity (Wildman–Crippen MR) is 80.0 cm³/mol. The first kappa shape index (κ1) is 16.3. The normalized spacial score (nSPS) is 13.3. The largest absolute Gasteiger partial charge is 0.490 e. The van der Waals surface area contributed by atoms with E-state index in [2.05, 4.69) is 11.4 Å². The Morgan fingerprint density at radius 3 is 2.35 bits per heavy atom. The Morgan fingerprint density at radius 2 is 1.85 bits per heavy atom. The average Bonchev–Trinajstić information content (AvgIpc) is 2.50. The van der Waals surface area contributed by atoms with E-state index in [1.165, 1.54) is 0 Å². The molecule has 1 aromatic carbocycles. The third-order valence-corrected chi connectivity index (χ3v) is 3.45. The van der Waals surface area contributed by atoms with E-state index in [-0.39, 0.29) is 0 Å². The van der Waals surface area contributed by atoms with Crippen LogP contribution in [-0.4, -0.2) is 25.8 Å². The van der Waals surface area contributed by atoms with Crippen LogP contribution in [0.3, 0.4) is 0 Å². The predicted octanol–water partition coefficient (Wildman–Crippen LogP) is 3.14. The molecule has 1 N–H and O–H groups in total. The Bertz CT molecular complexity index is 436. The molecule has 0 aliphatic carbocycles. The molecular formula is C16H24N2O2. The second kappa shape index (κ2) is 8.44. The number of nitrogens with one attached hydrogen (secondary N) is 1. The molecule has 0 heterocycles. The lowest BCUT2D eigenvalue weighted by atomic mass is 9.92. The van der Waals surface area contributed by atoms with Crippen molar-refractivity contribution < 1.29 is 9.47 Å². The van der Waals surface area contributed by atoms with E-state index in [1.807, 2.05) is 45.2 Å². The van der Waals surface area contributed by atoms with Crippen molar-refractivity contribution >= 4 is 0 Å². The molecule has 110 valence electrons. The molecule has 0 aliphatic rings. The van der Waals surface area contributed by atoms with Gasteiger partial charge in [0.05, 0.1) is 19.3 Å². The van der Waals surface area contributed by atoms with Gasteiger partial charge in [0.1, 0.15) is 5.54 Å². The molecule has 1 rings (SSSR count). The van der Waals surface area contributed by atoms with Crippen molar-refractivity contribution in [2.24, 2.45) is 0 Å². The van der Waals surface area contributed by atoms with Crippen LogP contribution < -0.4 is 14.8 Å². The summed E-state index contributed by atoms with van der Waals surface area (Å²) in [4.78, 5) is 0. The maximum atomic E-state index is 9.23. The second-order valence-electron chi connectivity index (χ2n) is 4.63.